The predicted molar refractivity (Wildman–Crippen MR) is 181 cm³/mol. The van der Waals surface area contributed by atoms with Gasteiger partial charge in [-0.15, -0.1) is 0 Å². The van der Waals surface area contributed by atoms with Gasteiger partial charge in [-0.2, -0.15) is 0 Å². The summed E-state index contributed by atoms with van der Waals surface area (Å²) in [5.41, 5.74) is 4.69. The van der Waals surface area contributed by atoms with E-state index in [2.05, 4.69) is 51.8 Å². The number of methoxy groups -OCH3 is 1. The van der Waals surface area contributed by atoms with Crippen LogP contribution >= 0.6 is 0 Å². The molecule has 1 saturated heterocycles. The number of Topliss-reactive ketones (excluding diaryl/α,β-unsaturated/α-hetero) is 1. The lowest BCUT2D eigenvalue weighted by molar-refractivity contribution is 0.0987. The summed E-state index contributed by atoms with van der Waals surface area (Å²) in [6.07, 6.45) is 5.20. The molecule has 244 valence electrons. The van der Waals surface area contributed by atoms with Crippen LogP contribution in [-0.4, -0.2) is 50.0 Å². The van der Waals surface area contributed by atoms with Crippen molar-refractivity contribution >= 4 is 5.78 Å². The Labute approximate surface area is 269 Å². The van der Waals surface area contributed by atoms with Crippen LogP contribution in [0, 0.1) is 11.6 Å². The number of ketones is 1. The Morgan fingerprint density at radius 2 is 1.40 bits per heavy atom. The molecular formula is C39H52F2N2O2. The normalized spacial score (nSPS) is 16.0. The van der Waals surface area contributed by atoms with Crippen LogP contribution in [0.15, 0.2) is 60.7 Å². The number of likely N-dealkylation sites (tertiary alicyclic amines) is 1. The first-order chi connectivity index (χ1) is 21.3. The van der Waals surface area contributed by atoms with Gasteiger partial charge in [-0.3, -0.25) is 4.79 Å². The van der Waals surface area contributed by atoms with E-state index in [9.17, 15) is 13.6 Å². The van der Waals surface area contributed by atoms with Crippen molar-refractivity contribution in [2.75, 3.05) is 33.3 Å². The minimum Gasteiger partial charge on any atom is -0.496 e. The van der Waals surface area contributed by atoms with Crippen LogP contribution in [0.2, 0.25) is 0 Å². The van der Waals surface area contributed by atoms with Crippen molar-refractivity contribution in [3.8, 4) is 5.75 Å². The van der Waals surface area contributed by atoms with Crippen LogP contribution in [0.3, 0.4) is 0 Å². The fraction of sp³-hybridized carbons (Fsp3) is 0.513. The molecule has 0 unspecified atom stereocenters. The zero-order valence-electron chi connectivity index (χ0n) is 28.3. The van der Waals surface area contributed by atoms with Crippen LogP contribution in [0.5, 0.6) is 5.75 Å². The summed E-state index contributed by atoms with van der Waals surface area (Å²) < 4.78 is 33.0. The molecule has 1 aliphatic rings. The average Bonchev–Trinajstić information content (AvgIpc) is 3.45. The van der Waals surface area contributed by atoms with Gasteiger partial charge in [-0.05, 0) is 90.7 Å². The highest BCUT2D eigenvalue weighted by molar-refractivity contribution is 5.98. The van der Waals surface area contributed by atoms with Gasteiger partial charge in [0.15, 0.2) is 5.78 Å². The highest BCUT2D eigenvalue weighted by atomic mass is 19.1. The summed E-state index contributed by atoms with van der Waals surface area (Å²) in [4.78, 5) is 15.9. The highest BCUT2D eigenvalue weighted by Gasteiger charge is 2.29. The van der Waals surface area contributed by atoms with Crippen LogP contribution in [0.1, 0.15) is 112 Å². The Hall–Kier alpha value is -3.09. The SMILES string of the molecule is COc1c(C(C)(C)C)cc(C(=O)CN[C@H]2CCN(CCCCCC(c3ccc(F)cc3)c3ccc(F)cc3)C2)cc1C(C)(C)C. The van der Waals surface area contributed by atoms with E-state index in [1.165, 1.54) is 24.3 Å². The second kappa shape index (κ2) is 15.0. The van der Waals surface area contributed by atoms with Gasteiger partial charge in [0.1, 0.15) is 17.4 Å². The maximum atomic E-state index is 13.6. The number of hydrogen-bond acceptors (Lipinski definition) is 4. The molecule has 3 aromatic rings. The number of carbonyl (C=O) groups is 1. The molecule has 0 aliphatic carbocycles. The van der Waals surface area contributed by atoms with Gasteiger partial charge in [0.05, 0.1) is 13.7 Å². The summed E-state index contributed by atoms with van der Waals surface area (Å²) in [5, 5.41) is 3.54. The molecule has 0 spiro atoms. The second-order valence-electron chi connectivity index (χ2n) is 14.7. The van der Waals surface area contributed by atoms with Gasteiger partial charge in [0, 0.05) is 35.2 Å². The Morgan fingerprint density at radius 1 is 0.867 bits per heavy atom. The van der Waals surface area contributed by atoms with Crippen molar-refractivity contribution < 1.29 is 18.3 Å². The summed E-state index contributed by atoms with van der Waals surface area (Å²) in [7, 11) is 1.72. The zero-order chi connectivity index (χ0) is 32.8. The molecule has 1 aliphatic heterocycles. The monoisotopic (exact) mass is 618 g/mol. The van der Waals surface area contributed by atoms with E-state index in [1.807, 2.05) is 36.4 Å². The number of nitrogens with one attached hydrogen (secondary N) is 1. The van der Waals surface area contributed by atoms with E-state index in [0.29, 0.717) is 12.6 Å². The number of hydrogen-bond donors (Lipinski definition) is 1. The van der Waals surface area contributed by atoms with Gasteiger partial charge in [0.2, 0.25) is 0 Å². The van der Waals surface area contributed by atoms with Crippen molar-refractivity contribution in [2.45, 2.75) is 96.4 Å². The molecule has 1 heterocycles. The number of carbonyl (C=O) groups excluding carboxylic acids is 1. The van der Waals surface area contributed by atoms with Crippen LogP contribution < -0.4 is 10.1 Å². The third-order valence-corrected chi connectivity index (χ3v) is 9.07. The molecular weight excluding hydrogens is 566 g/mol. The lowest BCUT2D eigenvalue weighted by Crippen LogP contribution is -2.36. The smallest absolute Gasteiger partial charge is 0.176 e. The van der Waals surface area contributed by atoms with Gasteiger partial charge in [0.25, 0.3) is 0 Å². The first-order valence-corrected chi connectivity index (χ1v) is 16.5. The lowest BCUT2D eigenvalue weighted by atomic mass is 9.78. The van der Waals surface area contributed by atoms with Gasteiger partial charge >= 0.3 is 0 Å². The molecule has 0 radical (unpaired) electrons. The summed E-state index contributed by atoms with van der Waals surface area (Å²) in [5.74, 6) is 0.624. The Bertz CT molecular complexity index is 1320. The molecule has 0 amide bonds. The molecule has 4 rings (SSSR count). The number of nitrogens with zero attached hydrogens (tertiary/aromatic N) is 1. The summed E-state index contributed by atoms with van der Waals surface area (Å²) >= 11 is 0. The largest absolute Gasteiger partial charge is 0.496 e. The van der Waals surface area contributed by atoms with E-state index in [0.717, 1.165) is 85.3 Å². The Balaban J connectivity index is 1.26. The molecule has 0 saturated carbocycles. The summed E-state index contributed by atoms with van der Waals surface area (Å²) in [6, 6.07) is 17.7. The molecule has 1 atom stereocenters. The van der Waals surface area contributed by atoms with E-state index in [4.69, 9.17) is 4.74 Å². The number of halogens is 2. The highest BCUT2D eigenvalue weighted by Crippen LogP contribution is 2.40. The molecule has 0 bridgehead atoms. The van der Waals surface area contributed by atoms with Crippen molar-refractivity contribution in [3.63, 3.8) is 0 Å². The number of unbranched alkanes of at least 4 members (excludes halogenated alkanes) is 2. The average molecular weight is 619 g/mol. The second-order valence-corrected chi connectivity index (χ2v) is 14.7. The lowest BCUT2D eigenvalue weighted by Gasteiger charge is -2.30. The number of benzene rings is 3. The Morgan fingerprint density at radius 3 is 1.89 bits per heavy atom. The van der Waals surface area contributed by atoms with Crippen LogP contribution in [0.25, 0.3) is 0 Å². The third-order valence-electron chi connectivity index (χ3n) is 9.07. The molecule has 6 heteroatoms. The van der Waals surface area contributed by atoms with Gasteiger partial charge in [-0.25, -0.2) is 8.78 Å². The standard InChI is InChI=1S/C39H52F2N2O2/c1-38(2,3)34-23-29(24-35(37(34)45-7)39(4,5)6)36(44)25-42-32-20-22-43(26-32)21-10-8-9-11-33(27-12-16-30(40)17-13-27)28-14-18-31(41)19-15-28/h12-19,23-24,32-33,42H,8-11,20-22,25-26H2,1-7H3/t32-/m0/s1. The van der Waals surface area contributed by atoms with Crippen molar-refractivity contribution in [1.29, 1.82) is 0 Å². The maximum absolute atomic E-state index is 13.6. The molecule has 1 N–H and O–H groups in total. The van der Waals surface area contributed by atoms with E-state index in [1.54, 1.807) is 7.11 Å². The minimum absolute atomic E-state index is 0.115. The molecule has 4 nitrogen and oxygen atoms in total. The predicted octanol–water partition coefficient (Wildman–Crippen LogP) is 8.81. The van der Waals surface area contributed by atoms with Crippen LogP contribution in [0.4, 0.5) is 8.78 Å². The summed E-state index contributed by atoms with van der Waals surface area (Å²) in [6.45, 7) is 16.3. The minimum atomic E-state index is -0.246. The molecule has 45 heavy (non-hydrogen) atoms. The fourth-order valence-corrected chi connectivity index (χ4v) is 6.44. The fourth-order valence-electron chi connectivity index (χ4n) is 6.44. The van der Waals surface area contributed by atoms with Crippen molar-refractivity contribution in [2.24, 2.45) is 0 Å². The zero-order valence-corrected chi connectivity index (χ0v) is 28.3. The van der Waals surface area contributed by atoms with Crippen LogP contribution in [-0.2, 0) is 10.8 Å². The van der Waals surface area contributed by atoms with Crippen molar-refractivity contribution in [1.82, 2.24) is 10.2 Å². The molecule has 3 aromatic carbocycles. The van der Waals surface area contributed by atoms with Gasteiger partial charge in [-0.1, -0.05) is 78.6 Å². The topological polar surface area (TPSA) is 41.6 Å². The first-order valence-electron chi connectivity index (χ1n) is 16.5. The first kappa shape index (κ1) is 34.8. The Kier molecular flexibility index (Phi) is 11.6. The number of rotatable bonds is 13. The van der Waals surface area contributed by atoms with E-state index >= 15 is 0 Å². The van der Waals surface area contributed by atoms with E-state index < -0.39 is 0 Å². The molecule has 1 fully saturated rings. The quantitative estimate of drug-likeness (QED) is 0.154. The van der Waals surface area contributed by atoms with E-state index in [-0.39, 0.29) is 34.2 Å². The maximum Gasteiger partial charge on any atom is 0.176 e. The third kappa shape index (κ3) is 9.46. The number of ether oxygens (including phenoxy) is 1. The molecule has 0 aromatic heterocycles. The van der Waals surface area contributed by atoms with Crippen molar-refractivity contribution in [3.05, 3.63) is 100 Å². The van der Waals surface area contributed by atoms with Gasteiger partial charge < -0.3 is 15.0 Å².